The lowest BCUT2D eigenvalue weighted by Crippen LogP contribution is -2.16. The summed E-state index contributed by atoms with van der Waals surface area (Å²) in [6.07, 6.45) is 0. The summed E-state index contributed by atoms with van der Waals surface area (Å²) in [5.74, 6) is 0. The van der Waals surface area contributed by atoms with Gasteiger partial charge >= 0.3 is 0 Å². The van der Waals surface area contributed by atoms with Crippen molar-refractivity contribution in [3.63, 3.8) is 0 Å². The van der Waals surface area contributed by atoms with Crippen LogP contribution in [0.4, 0.5) is 34.1 Å². The van der Waals surface area contributed by atoms with E-state index in [1.807, 2.05) is 11.3 Å². The molecule has 8 rings (SSSR count). The van der Waals surface area contributed by atoms with Crippen LogP contribution >= 0.6 is 11.3 Å². The Hall–Kier alpha value is -5.38. The smallest absolute Gasteiger partial charge is 0.0716 e. The largest absolute Gasteiger partial charge is 0.308 e. The maximum Gasteiger partial charge on any atom is 0.0716 e. The third-order valence-corrected chi connectivity index (χ3v) is 9.20. The van der Waals surface area contributed by atoms with Crippen molar-refractivity contribution in [1.29, 1.82) is 0 Å². The van der Waals surface area contributed by atoms with E-state index >= 15 is 0 Å². The van der Waals surface area contributed by atoms with Crippen molar-refractivity contribution in [2.24, 2.45) is 0 Å². The summed E-state index contributed by atoms with van der Waals surface area (Å²) in [5.41, 5.74) is 6.68. The highest BCUT2D eigenvalue weighted by molar-refractivity contribution is 7.26. The number of anilines is 6. The number of rotatable bonds is 6. The lowest BCUT2D eigenvalue weighted by Gasteiger charge is -2.33. The second kappa shape index (κ2) is 10.8. The monoisotopic (exact) mass is 568 g/mol. The molecule has 3 heteroatoms. The maximum atomic E-state index is 2.40. The Kier molecular flexibility index (Phi) is 6.36. The van der Waals surface area contributed by atoms with Crippen LogP contribution in [0.1, 0.15) is 0 Å². The van der Waals surface area contributed by atoms with Gasteiger partial charge in [-0.3, -0.25) is 0 Å². The molecule has 204 valence electrons. The van der Waals surface area contributed by atoms with Gasteiger partial charge in [0.05, 0.1) is 11.4 Å². The van der Waals surface area contributed by atoms with Gasteiger partial charge in [-0.15, -0.1) is 11.3 Å². The van der Waals surface area contributed by atoms with Crippen molar-refractivity contribution >= 4 is 76.4 Å². The summed E-state index contributed by atoms with van der Waals surface area (Å²) in [6.45, 7) is 0. The number of para-hydroxylation sites is 4. The Bertz CT molecular complexity index is 2090. The van der Waals surface area contributed by atoms with Gasteiger partial charge in [0.1, 0.15) is 0 Å². The molecule has 1 heterocycles. The average molecular weight is 569 g/mol. The zero-order chi connectivity index (χ0) is 28.6. The first kappa shape index (κ1) is 25.3. The number of hydrogen-bond acceptors (Lipinski definition) is 3. The second-order valence-electron chi connectivity index (χ2n) is 10.6. The molecular weight excluding hydrogens is 541 g/mol. The van der Waals surface area contributed by atoms with Crippen molar-refractivity contribution in [2.45, 2.75) is 0 Å². The number of fused-ring (bicyclic) bond motifs is 5. The molecule has 0 aliphatic carbocycles. The van der Waals surface area contributed by atoms with Gasteiger partial charge in [-0.2, -0.15) is 0 Å². The van der Waals surface area contributed by atoms with Crippen LogP contribution in [0.2, 0.25) is 0 Å². The number of nitrogens with zero attached hydrogens (tertiary/aromatic N) is 2. The second-order valence-corrected chi connectivity index (χ2v) is 11.7. The molecule has 0 unspecified atom stereocenters. The van der Waals surface area contributed by atoms with Gasteiger partial charge in [0.25, 0.3) is 0 Å². The minimum Gasteiger partial charge on any atom is -0.308 e. The Morgan fingerprint density at radius 2 is 0.791 bits per heavy atom. The van der Waals surface area contributed by atoms with Crippen molar-refractivity contribution in [3.8, 4) is 0 Å². The van der Waals surface area contributed by atoms with Crippen LogP contribution in [0.25, 0.3) is 30.9 Å². The van der Waals surface area contributed by atoms with Gasteiger partial charge < -0.3 is 9.80 Å². The zero-order valence-corrected chi connectivity index (χ0v) is 24.3. The van der Waals surface area contributed by atoms with Gasteiger partial charge in [-0.25, -0.2) is 0 Å². The summed E-state index contributed by atoms with van der Waals surface area (Å²) < 4.78 is 2.59. The molecule has 43 heavy (non-hydrogen) atoms. The summed E-state index contributed by atoms with van der Waals surface area (Å²) in [5, 5.41) is 5.13. The van der Waals surface area contributed by atoms with Crippen molar-refractivity contribution in [2.75, 3.05) is 9.80 Å². The topological polar surface area (TPSA) is 6.48 Å². The molecular formula is C40H28N2S. The van der Waals surface area contributed by atoms with Crippen LogP contribution in [0.3, 0.4) is 0 Å². The summed E-state index contributed by atoms with van der Waals surface area (Å²) in [6, 6.07) is 60.8. The molecule has 8 aromatic rings. The van der Waals surface area contributed by atoms with Crippen molar-refractivity contribution in [3.05, 3.63) is 170 Å². The predicted octanol–water partition coefficient (Wildman–Crippen LogP) is 12.1. The molecule has 0 N–H and O–H groups in total. The molecule has 0 spiro atoms. The van der Waals surface area contributed by atoms with E-state index in [4.69, 9.17) is 0 Å². The molecule has 2 nitrogen and oxygen atoms in total. The fourth-order valence-electron chi connectivity index (χ4n) is 6.05. The lowest BCUT2D eigenvalue weighted by molar-refractivity contribution is 1.23. The molecule has 0 saturated carbocycles. The zero-order valence-electron chi connectivity index (χ0n) is 23.5. The number of thiophene rings is 1. The van der Waals surface area contributed by atoms with Crippen molar-refractivity contribution in [1.82, 2.24) is 0 Å². The SMILES string of the molecule is c1ccc(N(c2ccccc2)c2cc3sc4c5ccccc5ccc4c3cc2N(c2ccccc2)c2ccccc2)cc1. The Labute approximate surface area is 255 Å². The molecule has 0 saturated heterocycles. The van der Waals surface area contributed by atoms with E-state index in [1.54, 1.807) is 0 Å². The molecule has 0 fully saturated rings. The summed E-state index contributed by atoms with van der Waals surface area (Å²) in [4.78, 5) is 4.77. The summed E-state index contributed by atoms with van der Waals surface area (Å²) in [7, 11) is 0. The molecule has 0 aliphatic heterocycles. The predicted molar refractivity (Wildman–Crippen MR) is 186 cm³/mol. The van der Waals surface area contributed by atoms with Crippen LogP contribution in [0.5, 0.6) is 0 Å². The quantitative estimate of drug-likeness (QED) is 0.197. The summed E-state index contributed by atoms with van der Waals surface area (Å²) >= 11 is 1.88. The van der Waals surface area contributed by atoms with Gasteiger partial charge in [-0.1, -0.05) is 109 Å². The number of benzene rings is 7. The van der Waals surface area contributed by atoms with E-state index in [9.17, 15) is 0 Å². The maximum absolute atomic E-state index is 2.40. The number of hydrogen-bond donors (Lipinski definition) is 0. The van der Waals surface area contributed by atoms with Gasteiger partial charge in [0.15, 0.2) is 0 Å². The van der Waals surface area contributed by atoms with Gasteiger partial charge in [0, 0.05) is 42.9 Å². The van der Waals surface area contributed by atoms with Crippen molar-refractivity contribution < 1.29 is 0 Å². The fourth-order valence-corrected chi connectivity index (χ4v) is 7.30. The van der Waals surface area contributed by atoms with Crippen LogP contribution in [0.15, 0.2) is 170 Å². The standard InChI is InChI=1S/C40H28N2S/c1-5-16-30(17-6-1)41(31-18-7-2-8-19-31)37-27-36-35-26-25-29-15-13-14-24-34(29)40(35)43-39(36)28-38(37)42(32-20-9-3-10-21-32)33-22-11-4-12-23-33/h1-28H. The first-order valence-corrected chi connectivity index (χ1v) is 15.4. The fraction of sp³-hybridized carbons (Fsp3) is 0. The Morgan fingerprint density at radius 3 is 1.30 bits per heavy atom. The molecule has 0 aliphatic rings. The van der Waals surface area contributed by atoms with Crippen LogP contribution < -0.4 is 9.80 Å². The third kappa shape index (κ3) is 4.51. The van der Waals surface area contributed by atoms with E-state index in [0.29, 0.717) is 0 Å². The van der Waals surface area contributed by atoms with E-state index in [1.165, 1.54) is 30.9 Å². The first-order valence-electron chi connectivity index (χ1n) is 14.5. The Morgan fingerprint density at radius 1 is 0.349 bits per heavy atom. The Balaban J connectivity index is 1.50. The van der Waals surface area contributed by atoms with Gasteiger partial charge in [0.2, 0.25) is 0 Å². The van der Waals surface area contributed by atoms with Crippen LogP contribution in [-0.2, 0) is 0 Å². The molecule has 0 bridgehead atoms. The highest BCUT2D eigenvalue weighted by Gasteiger charge is 2.24. The van der Waals surface area contributed by atoms with Crippen LogP contribution in [0, 0.1) is 0 Å². The van der Waals surface area contributed by atoms with Crippen LogP contribution in [-0.4, -0.2) is 0 Å². The van der Waals surface area contributed by atoms with E-state index < -0.39 is 0 Å². The van der Waals surface area contributed by atoms with Gasteiger partial charge in [-0.05, 0) is 71.4 Å². The highest BCUT2D eigenvalue weighted by Crippen LogP contribution is 2.50. The lowest BCUT2D eigenvalue weighted by atomic mass is 10.0. The first-order chi connectivity index (χ1) is 21.3. The molecule has 0 amide bonds. The van der Waals surface area contributed by atoms with E-state index in [-0.39, 0.29) is 0 Å². The minimum atomic E-state index is 1.11. The van der Waals surface area contributed by atoms with E-state index in [2.05, 4.69) is 180 Å². The molecule has 1 aromatic heterocycles. The average Bonchev–Trinajstić information content (AvgIpc) is 3.45. The minimum absolute atomic E-state index is 1.11. The molecule has 7 aromatic carbocycles. The molecule has 0 radical (unpaired) electrons. The highest BCUT2D eigenvalue weighted by atomic mass is 32.1. The molecule has 0 atom stereocenters. The third-order valence-electron chi connectivity index (χ3n) is 8.00. The normalized spacial score (nSPS) is 11.3. The van der Waals surface area contributed by atoms with E-state index in [0.717, 1.165) is 34.1 Å².